The molecule has 1 fully saturated rings. The van der Waals surface area contributed by atoms with Gasteiger partial charge in [0.2, 0.25) is 0 Å². The zero-order chi connectivity index (χ0) is 15.8. The lowest BCUT2D eigenvalue weighted by Gasteiger charge is -2.24. The Morgan fingerprint density at radius 1 is 1.33 bits per heavy atom. The molecule has 116 valence electrons. The molecule has 1 atom stereocenters. The molecule has 1 heterocycles. The molecule has 1 aliphatic heterocycles. The minimum atomic E-state index is -3.20. The number of nitrogens with one attached hydrogen (secondary N) is 2. The Bertz CT molecular complexity index is 670. The second-order valence-electron chi connectivity index (χ2n) is 5.32. The van der Waals surface area contributed by atoms with Gasteiger partial charge in [-0.15, -0.1) is 0 Å². The van der Waals surface area contributed by atoms with Gasteiger partial charge in [-0.1, -0.05) is 0 Å². The quantitative estimate of drug-likeness (QED) is 0.558. The molecule has 0 bridgehead atoms. The fourth-order valence-corrected chi connectivity index (χ4v) is 4.39. The summed E-state index contributed by atoms with van der Waals surface area (Å²) in [6, 6.07) is 1.67. The first-order valence-corrected chi connectivity index (χ1v) is 7.96. The van der Waals surface area contributed by atoms with E-state index in [9.17, 15) is 22.0 Å². The lowest BCUT2D eigenvalue weighted by atomic mass is 10.0. The second kappa shape index (κ2) is 5.23. The maximum atomic E-state index is 13.5. The Labute approximate surface area is 120 Å². The molecule has 6 nitrogen and oxygen atoms in total. The van der Waals surface area contributed by atoms with Crippen LogP contribution in [-0.4, -0.2) is 31.4 Å². The summed E-state index contributed by atoms with van der Waals surface area (Å²) < 4.78 is 50.0. The molecule has 4 N–H and O–H groups in total. The third-order valence-corrected chi connectivity index (χ3v) is 5.27. The van der Waals surface area contributed by atoms with Gasteiger partial charge in [-0.25, -0.2) is 17.2 Å². The van der Waals surface area contributed by atoms with E-state index in [2.05, 4.69) is 5.32 Å². The molecular formula is C12H15F2N3O3S. The van der Waals surface area contributed by atoms with Crippen molar-refractivity contribution in [1.29, 1.82) is 0 Å². The summed E-state index contributed by atoms with van der Waals surface area (Å²) in [5.74, 6) is 1.99. The summed E-state index contributed by atoms with van der Waals surface area (Å²) in [6.07, 6.45) is 0.258. The van der Waals surface area contributed by atoms with Crippen LogP contribution in [-0.2, 0) is 9.84 Å². The van der Waals surface area contributed by atoms with Crippen molar-refractivity contribution < 1.29 is 22.0 Å². The number of nitrogens with two attached hydrogens (primary N) is 1. The highest BCUT2D eigenvalue weighted by Crippen LogP contribution is 2.24. The zero-order valence-corrected chi connectivity index (χ0v) is 12.1. The van der Waals surface area contributed by atoms with E-state index in [1.165, 1.54) is 0 Å². The van der Waals surface area contributed by atoms with Crippen LogP contribution in [0.15, 0.2) is 12.1 Å². The van der Waals surface area contributed by atoms with Crippen LogP contribution < -0.4 is 16.6 Å². The average Bonchev–Trinajstić information content (AvgIpc) is 2.62. The molecule has 0 radical (unpaired) electrons. The summed E-state index contributed by atoms with van der Waals surface area (Å²) in [6.45, 7) is 1.58. The van der Waals surface area contributed by atoms with Crippen LogP contribution in [0, 0.1) is 11.6 Å². The Morgan fingerprint density at radius 2 is 1.90 bits per heavy atom. The van der Waals surface area contributed by atoms with Crippen molar-refractivity contribution in [3.63, 3.8) is 0 Å². The standard InChI is InChI=1S/C12H15F2N3O3S/c1-12(2-3-21(19,20)6-12)16-11(18)7-4-8(13)10(17-15)9(14)5-7/h4-5,17H,2-3,6,15H2,1H3,(H,16,18). The van der Waals surface area contributed by atoms with Gasteiger partial charge in [0.1, 0.15) is 5.69 Å². The smallest absolute Gasteiger partial charge is 0.251 e. The van der Waals surface area contributed by atoms with Crippen molar-refractivity contribution in [3.8, 4) is 0 Å². The van der Waals surface area contributed by atoms with Gasteiger partial charge in [0.25, 0.3) is 5.91 Å². The minimum absolute atomic E-state index is 0.0253. The second-order valence-corrected chi connectivity index (χ2v) is 7.50. The molecule has 1 unspecified atom stereocenters. The SMILES string of the molecule is CC1(NC(=O)c2cc(F)c(NN)c(F)c2)CCS(=O)(=O)C1. The first-order chi connectivity index (χ1) is 9.66. The summed E-state index contributed by atoms with van der Waals surface area (Å²) >= 11 is 0. The number of hydrogen-bond acceptors (Lipinski definition) is 5. The van der Waals surface area contributed by atoms with Crippen molar-refractivity contribution >= 4 is 21.4 Å². The predicted molar refractivity (Wildman–Crippen MR) is 73.3 cm³/mol. The highest BCUT2D eigenvalue weighted by Gasteiger charge is 2.39. The lowest BCUT2D eigenvalue weighted by molar-refractivity contribution is 0.0914. The largest absolute Gasteiger partial charge is 0.346 e. The van der Waals surface area contributed by atoms with Gasteiger partial charge in [-0.2, -0.15) is 0 Å². The lowest BCUT2D eigenvalue weighted by Crippen LogP contribution is -2.47. The van der Waals surface area contributed by atoms with Gasteiger partial charge in [-0.05, 0) is 25.5 Å². The third kappa shape index (κ3) is 3.30. The van der Waals surface area contributed by atoms with Gasteiger partial charge in [-0.3, -0.25) is 10.6 Å². The van der Waals surface area contributed by atoms with E-state index in [1.54, 1.807) is 6.92 Å². The Kier molecular flexibility index (Phi) is 3.89. The van der Waals surface area contributed by atoms with E-state index in [-0.39, 0.29) is 23.5 Å². The van der Waals surface area contributed by atoms with E-state index in [1.807, 2.05) is 5.43 Å². The van der Waals surface area contributed by atoms with Crippen molar-refractivity contribution in [3.05, 3.63) is 29.3 Å². The number of benzene rings is 1. The predicted octanol–water partition coefficient (Wildman–Crippen LogP) is 0.557. The molecule has 9 heteroatoms. The van der Waals surface area contributed by atoms with E-state index in [4.69, 9.17) is 5.84 Å². The molecule has 0 spiro atoms. The molecular weight excluding hydrogens is 304 g/mol. The minimum Gasteiger partial charge on any atom is -0.346 e. The van der Waals surface area contributed by atoms with E-state index in [0.29, 0.717) is 0 Å². The fraction of sp³-hybridized carbons (Fsp3) is 0.417. The van der Waals surface area contributed by atoms with Crippen molar-refractivity contribution in [2.24, 2.45) is 5.84 Å². The van der Waals surface area contributed by atoms with Crippen LogP contribution in [0.5, 0.6) is 0 Å². The number of sulfone groups is 1. The first-order valence-electron chi connectivity index (χ1n) is 6.14. The molecule has 1 aliphatic rings. The third-order valence-electron chi connectivity index (χ3n) is 3.37. The first kappa shape index (κ1) is 15.6. The molecule has 1 aromatic carbocycles. The number of halogens is 2. The molecule has 0 aromatic heterocycles. The fourth-order valence-electron chi connectivity index (χ4n) is 2.30. The highest BCUT2D eigenvalue weighted by molar-refractivity contribution is 7.91. The van der Waals surface area contributed by atoms with Gasteiger partial charge < -0.3 is 10.7 Å². The van der Waals surface area contributed by atoms with Crippen LogP contribution in [0.4, 0.5) is 14.5 Å². The van der Waals surface area contributed by atoms with Crippen LogP contribution in [0.3, 0.4) is 0 Å². The average molecular weight is 319 g/mol. The van der Waals surface area contributed by atoms with Crippen LogP contribution in [0.2, 0.25) is 0 Å². The van der Waals surface area contributed by atoms with Crippen LogP contribution >= 0.6 is 0 Å². The van der Waals surface area contributed by atoms with Crippen molar-refractivity contribution in [2.75, 3.05) is 16.9 Å². The van der Waals surface area contributed by atoms with E-state index in [0.717, 1.165) is 12.1 Å². The number of carbonyl (C=O) groups is 1. The monoisotopic (exact) mass is 319 g/mol. The Hall–Kier alpha value is -1.74. The maximum Gasteiger partial charge on any atom is 0.251 e. The molecule has 1 saturated heterocycles. The summed E-state index contributed by atoms with van der Waals surface area (Å²) in [4.78, 5) is 12.0. The number of amides is 1. The Balaban J connectivity index is 2.22. The van der Waals surface area contributed by atoms with E-state index < -0.39 is 38.6 Å². The topological polar surface area (TPSA) is 101 Å². The molecule has 0 saturated carbocycles. The van der Waals surface area contributed by atoms with Gasteiger partial charge >= 0.3 is 0 Å². The number of anilines is 1. The van der Waals surface area contributed by atoms with Crippen LogP contribution in [0.1, 0.15) is 23.7 Å². The molecule has 1 aromatic rings. The van der Waals surface area contributed by atoms with Crippen molar-refractivity contribution in [1.82, 2.24) is 5.32 Å². The molecule has 0 aliphatic carbocycles. The van der Waals surface area contributed by atoms with Gasteiger partial charge in [0, 0.05) is 5.56 Å². The van der Waals surface area contributed by atoms with Crippen molar-refractivity contribution in [2.45, 2.75) is 18.9 Å². The zero-order valence-electron chi connectivity index (χ0n) is 11.2. The number of hydrazine groups is 1. The highest BCUT2D eigenvalue weighted by atomic mass is 32.2. The molecule has 21 heavy (non-hydrogen) atoms. The number of nitrogen functional groups attached to an aromatic ring is 1. The number of rotatable bonds is 3. The summed E-state index contributed by atoms with van der Waals surface area (Å²) in [5.41, 5.74) is 0.141. The van der Waals surface area contributed by atoms with Gasteiger partial charge in [0.05, 0.1) is 17.0 Å². The number of carbonyl (C=O) groups excluding carboxylic acids is 1. The summed E-state index contributed by atoms with van der Waals surface area (Å²) in [5, 5.41) is 2.52. The van der Waals surface area contributed by atoms with Crippen LogP contribution in [0.25, 0.3) is 0 Å². The van der Waals surface area contributed by atoms with E-state index >= 15 is 0 Å². The normalized spacial score (nSPS) is 23.8. The number of hydrogen-bond donors (Lipinski definition) is 3. The van der Waals surface area contributed by atoms with Gasteiger partial charge in [0.15, 0.2) is 21.5 Å². The Morgan fingerprint density at radius 3 is 2.33 bits per heavy atom. The maximum absolute atomic E-state index is 13.5. The molecule has 2 rings (SSSR count). The summed E-state index contributed by atoms with van der Waals surface area (Å²) in [7, 11) is -3.20. The molecule has 1 amide bonds.